The number of halogens is 3. The summed E-state index contributed by atoms with van der Waals surface area (Å²) in [5.74, 6) is -0.00374. The van der Waals surface area contributed by atoms with Gasteiger partial charge >= 0.3 is 6.18 Å². The first-order valence-corrected chi connectivity index (χ1v) is 10.3. The predicted molar refractivity (Wildman–Crippen MR) is 109 cm³/mol. The number of benzene rings is 1. The Balaban J connectivity index is 1.72. The van der Waals surface area contributed by atoms with E-state index in [9.17, 15) is 22.8 Å². The van der Waals surface area contributed by atoms with Gasteiger partial charge in [-0.3, -0.25) is 19.4 Å². The molecule has 0 saturated carbocycles. The minimum Gasteiger partial charge on any atom is -0.355 e. The maximum absolute atomic E-state index is 12.6. The van der Waals surface area contributed by atoms with E-state index in [4.69, 9.17) is 0 Å². The van der Waals surface area contributed by atoms with Crippen LogP contribution in [0.4, 0.5) is 13.2 Å². The summed E-state index contributed by atoms with van der Waals surface area (Å²) < 4.78 is 37.9. The standard InChI is InChI=1S/C21H31F3N4O2/c1-3-4-9-25-19(29)15-27-10-12-28(13-11-27)20(30)16-26(2)14-17-5-7-18(8-6-17)21(22,23)24/h5-8H,3-4,9-16H2,1-2H3,(H,25,29). The Labute approximate surface area is 176 Å². The Bertz CT molecular complexity index is 686. The molecule has 1 saturated heterocycles. The zero-order chi connectivity index (χ0) is 22.1. The van der Waals surface area contributed by atoms with Crippen LogP contribution in [-0.2, 0) is 22.3 Å². The number of hydrogen-bond acceptors (Lipinski definition) is 4. The topological polar surface area (TPSA) is 55.9 Å². The molecule has 0 atom stereocenters. The number of carbonyl (C=O) groups is 2. The highest BCUT2D eigenvalue weighted by molar-refractivity contribution is 5.79. The molecular formula is C21H31F3N4O2. The molecule has 6 nitrogen and oxygen atoms in total. The second-order valence-corrected chi connectivity index (χ2v) is 7.73. The molecule has 0 unspecified atom stereocenters. The second kappa shape index (κ2) is 11.3. The first-order valence-electron chi connectivity index (χ1n) is 10.3. The van der Waals surface area contributed by atoms with Gasteiger partial charge in [0.2, 0.25) is 11.8 Å². The van der Waals surface area contributed by atoms with E-state index in [-0.39, 0.29) is 18.4 Å². The number of nitrogens with zero attached hydrogens (tertiary/aromatic N) is 3. The smallest absolute Gasteiger partial charge is 0.355 e. The van der Waals surface area contributed by atoms with Gasteiger partial charge in [-0.1, -0.05) is 25.5 Å². The van der Waals surface area contributed by atoms with Crippen molar-refractivity contribution in [3.8, 4) is 0 Å². The number of rotatable bonds is 9. The van der Waals surface area contributed by atoms with Crippen molar-refractivity contribution in [1.29, 1.82) is 0 Å². The fourth-order valence-corrected chi connectivity index (χ4v) is 3.32. The lowest BCUT2D eigenvalue weighted by Gasteiger charge is -2.35. The summed E-state index contributed by atoms with van der Waals surface area (Å²) in [4.78, 5) is 30.0. The van der Waals surface area contributed by atoms with Crippen molar-refractivity contribution in [2.75, 3.05) is 52.9 Å². The number of hydrogen-bond donors (Lipinski definition) is 1. The molecule has 1 heterocycles. The second-order valence-electron chi connectivity index (χ2n) is 7.73. The Kier molecular flexibility index (Phi) is 9.10. The van der Waals surface area contributed by atoms with Gasteiger partial charge in [-0.25, -0.2) is 0 Å². The summed E-state index contributed by atoms with van der Waals surface area (Å²) in [7, 11) is 1.77. The van der Waals surface area contributed by atoms with E-state index in [2.05, 4.69) is 12.2 Å². The summed E-state index contributed by atoms with van der Waals surface area (Å²) in [6.45, 7) is 6.12. The van der Waals surface area contributed by atoms with Gasteiger partial charge in [-0.2, -0.15) is 13.2 Å². The number of amides is 2. The van der Waals surface area contributed by atoms with Crippen LogP contribution in [0.5, 0.6) is 0 Å². The zero-order valence-electron chi connectivity index (χ0n) is 17.7. The van der Waals surface area contributed by atoms with E-state index in [0.717, 1.165) is 30.5 Å². The molecule has 1 fully saturated rings. The van der Waals surface area contributed by atoms with E-state index in [0.29, 0.717) is 45.8 Å². The quantitative estimate of drug-likeness (QED) is 0.613. The van der Waals surface area contributed by atoms with E-state index in [1.54, 1.807) is 16.8 Å². The van der Waals surface area contributed by atoms with Crippen molar-refractivity contribution in [2.24, 2.45) is 0 Å². The number of unbranched alkanes of at least 4 members (excludes halogenated alkanes) is 1. The molecule has 168 valence electrons. The highest BCUT2D eigenvalue weighted by Gasteiger charge is 2.30. The number of alkyl halides is 3. The van der Waals surface area contributed by atoms with Gasteiger partial charge in [0, 0.05) is 39.3 Å². The van der Waals surface area contributed by atoms with E-state index >= 15 is 0 Å². The molecule has 1 aliphatic heterocycles. The van der Waals surface area contributed by atoms with Crippen LogP contribution in [0, 0.1) is 0 Å². The van der Waals surface area contributed by atoms with Crippen LogP contribution in [0.3, 0.4) is 0 Å². The van der Waals surface area contributed by atoms with Gasteiger partial charge in [-0.15, -0.1) is 0 Å². The largest absolute Gasteiger partial charge is 0.416 e. The highest BCUT2D eigenvalue weighted by Crippen LogP contribution is 2.29. The van der Waals surface area contributed by atoms with Crippen molar-refractivity contribution >= 4 is 11.8 Å². The average molecular weight is 428 g/mol. The molecule has 1 N–H and O–H groups in total. The van der Waals surface area contributed by atoms with Crippen LogP contribution >= 0.6 is 0 Å². The van der Waals surface area contributed by atoms with Gasteiger partial charge in [0.1, 0.15) is 0 Å². The van der Waals surface area contributed by atoms with Gasteiger partial charge in [0.25, 0.3) is 0 Å². The van der Waals surface area contributed by atoms with Crippen LogP contribution in [0.1, 0.15) is 30.9 Å². The number of likely N-dealkylation sites (N-methyl/N-ethyl adjacent to an activating group) is 1. The van der Waals surface area contributed by atoms with Crippen LogP contribution in [0.2, 0.25) is 0 Å². The normalized spacial score (nSPS) is 15.5. The van der Waals surface area contributed by atoms with E-state index in [1.807, 2.05) is 4.90 Å². The summed E-state index contributed by atoms with van der Waals surface area (Å²) in [5.41, 5.74) is 0.0408. The van der Waals surface area contributed by atoms with Crippen molar-refractivity contribution < 1.29 is 22.8 Å². The molecule has 1 aliphatic rings. The van der Waals surface area contributed by atoms with Crippen molar-refractivity contribution in [2.45, 2.75) is 32.5 Å². The molecule has 1 aromatic carbocycles. The summed E-state index contributed by atoms with van der Waals surface area (Å²) in [6.07, 6.45) is -2.35. The Morgan fingerprint density at radius 1 is 1.10 bits per heavy atom. The van der Waals surface area contributed by atoms with Crippen molar-refractivity contribution in [3.05, 3.63) is 35.4 Å². The average Bonchev–Trinajstić information content (AvgIpc) is 2.68. The zero-order valence-corrected chi connectivity index (χ0v) is 17.7. The maximum atomic E-state index is 12.6. The lowest BCUT2D eigenvalue weighted by Crippen LogP contribution is -2.52. The Morgan fingerprint density at radius 3 is 2.30 bits per heavy atom. The first-order chi connectivity index (χ1) is 14.2. The lowest BCUT2D eigenvalue weighted by molar-refractivity contribution is -0.137. The third-order valence-corrected chi connectivity index (χ3v) is 5.08. The van der Waals surface area contributed by atoms with Crippen LogP contribution in [-0.4, -0.2) is 79.4 Å². The minimum absolute atomic E-state index is 0.0134. The van der Waals surface area contributed by atoms with E-state index < -0.39 is 11.7 Å². The third kappa shape index (κ3) is 7.95. The number of carbonyl (C=O) groups excluding carboxylic acids is 2. The predicted octanol–water partition coefficient (Wildman–Crippen LogP) is 2.20. The van der Waals surface area contributed by atoms with Gasteiger partial charge < -0.3 is 10.2 Å². The van der Waals surface area contributed by atoms with Crippen LogP contribution in [0.25, 0.3) is 0 Å². The molecule has 2 rings (SSSR count). The molecule has 1 aromatic rings. The molecule has 0 aliphatic carbocycles. The molecule has 0 bridgehead atoms. The summed E-state index contributed by atoms with van der Waals surface area (Å²) >= 11 is 0. The van der Waals surface area contributed by atoms with Gasteiger partial charge in [-0.05, 0) is 31.2 Å². The molecule has 0 radical (unpaired) electrons. The molecule has 2 amide bonds. The minimum atomic E-state index is -4.35. The van der Waals surface area contributed by atoms with Crippen molar-refractivity contribution in [3.63, 3.8) is 0 Å². The molecule has 0 aromatic heterocycles. The van der Waals surface area contributed by atoms with Crippen LogP contribution < -0.4 is 5.32 Å². The third-order valence-electron chi connectivity index (χ3n) is 5.08. The Hall–Kier alpha value is -2.13. The molecule has 0 spiro atoms. The van der Waals surface area contributed by atoms with Gasteiger partial charge in [0.05, 0.1) is 18.7 Å². The monoisotopic (exact) mass is 428 g/mol. The van der Waals surface area contributed by atoms with Gasteiger partial charge in [0.15, 0.2) is 0 Å². The molecular weight excluding hydrogens is 397 g/mol. The van der Waals surface area contributed by atoms with Crippen molar-refractivity contribution in [1.82, 2.24) is 20.0 Å². The fourth-order valence-electron chi connectivity index (χ4n) is 3.32. The fraction of sp³-hybridized carbons (Fsp3) is 0.619. The highest BCUT2D eigenvalue weighted by atomic mass is 19.4. The summed E-state index contributed by atoms with van der Waals surface area (Å²) in [6, 6.07) is 4.99. The SMILES string of the molecule is CCCCNC(=O)CN1CCN(C(=O)CN(C)Cc2ccc(C(F)(F)F)cc2)CC1. The molecule has 30 heavy (non-hydrogen) atoms. The number of nitrogens with one attached hydrogen (secondary N) is 1. The van der Waals surface area contributed by atoms with Crippen LogP contribution in [0.15, 0.2) is 24.3 Å². The maximum Gasteiger partial charge on any atom is 0.416 e. The Morgan fingerprint density at radius 2 is 1.73 bits per heavy atom. The first kappa shape index (κ1) is 24.1. The number of piperazine rings is 1. The lowest BCUT2D eigenvalue weighted by atomic mass is 10.1. The molecule has 9 heteroatoms. The summed E-state index contributed by atoms with van der Waals surface area (Å²) in [5, 5.41) is 2.90. The van der Waals surface area contributed by atoms with E-state index in [1.165, 1.54) is 12.1 Å².